The molecule has 7 heteroatoms. The Morgan fingerprint density at radius 3 is 2.89 bits per heavy atom. The van der Waals surface area contributed by atoms with Crippen LogP contribution < -0.4 is 5.32 Å². The lowest BCUT2D eigenvalue weighted by atomic mass is 10.2. The van der Waals surface area contributed by atoms with Crippen LogP contribution in [0.25, 0.3) is 0 Å². The van der Waals surface area contributed by atoms with E-state index in [-0.39, 0.29) is 16.6 Å². The fraction of sp³-hybridized carbons (Fsp3) is 0.455. The topological polar surface area (TPSA) is 62.9 Å². The number of nitrogens with one attached hydrogen (secondary N) is 2. The van der Waals surface area contributed by atoms with E-state index in [0.717, 1.165) is 25.9 Å². The molecule has 0 aromatic carbocycles. The van der Waals surface area contributed by atoms with Crippen molar-refractivity contribution in [3.05, 3.63) is 23.8 Å². The zero-order valence-electron chi connectivity index (χ0n) is 9.75. The summed E-state index contributed by atoms with van der Waals surface area (Å²) in [4.78, 5) is 4.11. The van der Waals surface area contributed by atoms with Gasteiger partial charge in [0.2, 0.25) is 0 Å². The van der Waals surface area contributed by atoms with Crippen molar-refractivity contribution in [2.75, 3.05) is 11.9 Å². The molecule has 5 nitrogen and oxygen atoms in total. The first-order valence-electron chi connectivity index (χ1n) is 5.64. The Balaban J connectivity index is 2.33. The second kappa shape index (κ2) is 5.73. The molecule has 0 bridgehead atoms. The summed E-state index contributed by atoms with van der Waals surface area (Å²) in [5, 5.41) is 10.4. The minimum absolute atomic E-state index is 0.102. The minimum atomic E-state index is -0.148. The maximum atomic E-state index is 7.48. The van der Waals surface area contributed by atoms with Crippen LogP contribution >= 0.6 is 23.2 Å². The van der Waals surface area contributed by atoms with Crippen LogP contribution in [-0.4, -0.2) is 21.3 Å². The predicted octanol–water partition coefficient (Wildman–Crippen LogP) is 3.27. The number of imidazole rings is 1. The molecule has 0 radical (unpaired) electrons. The van der Waals surface area contributed by atoms with Gasteiger partial charge in [-0.25, -0.2) is 4.98 Å². The lowest BCUT2D eigenvalue weighted by Gasteiger charge is -2.25. The molecule has 1 atom stereocenters. The van der Waals surface area contributed by atoms with E-state index < -0.39 is 0 Å². The van der Waals surface area contributed by atoms with Crippen molar-refractivity contribution >= 4 is 34.2 Å². The van der Waals surface area contributed by atoms with E-state index in [1.807, 2.05) is 0 Å². The first-order chi connectivity index (χ1) is 8.59. The lowest BCUT2D eigenvalue weighted by molar-refractivity contribution is -0.0307. The first-order valence-corrected chi connectivity index (χ1v) is 6.39. The largest absolute Gasteiger partial charge is 0.358 e. The minimum Gasteiger partial charge on any atom is -0.358 e. The summed E-state index contributed by atoms with van der Waals surface area (Å²) >= 11 is 11.5. The van der Waals surface area contributed by atoms with Crippen molar-refractivity contribution in [3.8, 4) is 0 Å². The van der Waals surface area contributed by atoms with Crippen molar-refractivity contribution in [1.29, 1.82) is 5.41 Å². The monoisotopic (exact) mass is 288 g/mol. The van der Waals surface area contributed by atoms with Crippen LogP contribution in [0.15, 0.2) is 18.1 Å². The molecule has 1 aromatic heterocycles. The van der Waals surface area contributed by atoms with Gasteiger partial charge in [0.05, 0.1) is 6.33 Å². The molecule has 0 saturated carbocycles. The van der Waals surface area contributed by atoms with E-state index in [4.69, 9.17) is 33.3 Å². The van der Waals surface area contributed by atoms with Gasteiger partial charge >= 0.3 is 0 Å². The molecule has 0 spiro atoms. The second-order valence-electron chi connectivity index (χ2n) is 4.01. The number of hydrogen-bond donors (Lipinski definition) is 2. The molecule has 1 fully saturated rings. The molecule has 2 rings (SSSR count). The molecule has 1 aliphatic heterocycles. The Morgan fingerprint density at radius 2 is 2.33 bits per heavy atom. The highest BCUT2D eigenvalue weighted by Gasteiger charge is 2.22. The van der Waals surface area contributed by atoms with Gasteiger partial charge in [0.25, 0.3) is 0 Å². The number of hydrogen-bond acceptors (Lipinski definition) is 4. The van der Waals surface area contributed by atoms with E-state index >= 15 is 0 Å². The molecule has 0 aliphatic carbocycles. The molecule has 1 unspecified atom stereocenters. The van der Waals surface area contributed by atoms with E-state index in [2.05, 4.69) is 16.9 Å². The summed E-state index contributed by atoms with van der Waals surface area (Å²) in [7, 11) is 0. The van der Waals surface area contributed by atoms with Crippen molar-refractivity contribution in [1.82, 2.24) is 9.55 Å². The smallest absolute Gasteiger partial charge is 0.150 e. The predicted molar refractivity (Wildman–Crippen MR) is 72.4 cm³/mol. The maximum Gasteiger partial charge on any atom is 0.150 e. The zero-order valence-corrected chi connectivity index (χ0v) is 11.3. The third kappa shape index (κ3) is 2.85. The Kier molecular flexibility index (Phi) is 4.27. The molecule has 98 valence electrons. The van der Waals surface area contributed by atoms with Crippen LogP contribution in [0.2, 0.25) is 0 Å². The maximum absolute atomic E-state index is 7.48. The molecule has 1 aromatic rings. The van der Waals surface area contributed by atoms with E-state index in [1.165, 1.54) is 0 Å². The van der Waals surface area contributed by atoms with Gasteiger partial charge in [-0.05, 0) is 19.3 Å². The quantitative estimate of drug-likeness (QED) is 0.660. The van der Waals surface area contributed by atoms with Gasteiger partial charge in [-0.3, -0.25) is 9.98 Å². The SMILES string of the molecule is C=C(Cl)Nc1c(C(=N)Cl)ncn1C1CCCCO1. The van der Waals surface area contributed by atoms with E-state index in [9.17, 15) is 0 Å². The number of anilines is 1. The van der Waals surface area contributed by atoms with Crippen molar-refractivity contribution in [2.45, 2.75) is 25.5 Å². The highest BCUT2D eigenvalue weighted by Crippen LogP contribution is 2.29. The number of nitrogens with zero attached hydrogens (tertiary/aromatic N) is 2. The van der Waals surface area contributed by atoms with Gasteiger partial charge in [0, 0.05) is 6.61 Å². The zero-order chi connectivity index (χ0) is 13.1. The molecule has 2 N–H and O–H groups in total. The third-order valence-electron chi connectivity index (χ3n) is 2.72. The molecular weight excluding hydrogens is 275 g/mol. The highest BCUT2D eigenvalue weighted by atomic mass is 35.5. The van der Waals surface area contributed by atoms with Gasteiger partial charge in [0.1, 0.15) is 22.9 Å². The Morgan fingerprint density at radius 1 is 1.56 bits per heavy atom. The molecular formula is C11H14Cl2N4O. The van der Waals surface area contributed by atoms with Crippen LogP contribution in [0.4, 0.5) is 5.82 Å². The lowest BCUT2D eigenvalue weighted by Crippen LogP contribution is -2.19. The summed E-state index contributed by atoms with van der Waals surface area (Å²) in [5.41, 5.74) is 0.340. The summed E-state index contributed by atoms with van der Waals surface area (Å²) in [6.45, 7) is 4.30. The Bertz CT molecular complexity index is 466. The molecule has 2 heterocycles. The fourth-order valence-corrected chi connectivity index (χ4v) is 2.16. The first kappa shape index (κ1) is 13.4. The molecule has 1 saturated heterocycles. The van der Waals surface area contributed by atoms with E-state index in [0.29, 0.717) is 11.5 Å². The second-order valence-corrected chi connectivity index (χ2v) is 4.85. The summed E-state index contributed by atoms with van der Waals surface area (Å²) in [5.74, 6) is 0.543. The van der Waals surface area contributed by atoms with Crippen molar-refractivity contribution in [3.63, 3.8) is 0 Å². The van der Waals surface area contributed by atoms with Crippen LogP contribution in [0, 0.1) is 5.41 Å². The van der Waals surface area contributed by atoms with E-state index in [1.54, 1.807) is 10.9 Å². The summed E-state index contributed by atoms with van der Waals surface area (Å²) < 4.78 is 7.48. The molecule has 18 heavy (non-hydrogen) atoms. The number of ether oxygens (including phenoxy) is 1. The van der Waals surface area contributed by atoms with Crippen molar-refractivity contribution < 1.29 is 4.74 Å². The van der Waals surface area contributed by atoms with Crippen LogP contribution in [0.5, 0.6) is 0 Å². The van der Waals surface area contributed by atoms with Crippen LogP contribution in [0.3, 0.4) is 0 Å². The fourth-order valence-electron chi connectivity index (χ4n) is 1.94. The Labute approximate surface area is 115 Å². The molecule has 1 aliphatic rings. The standard InChI is InChI=1S/C11H14Cl2N4O/c1-7(12)16-11-9(10(13)14)15-6-17(11)8-4-2-3-5-18-8/h6,8,14,16H,1-5H2. The average molecular weight is 289 g/mol. The summed E-state index contributed by atoms with van der Waals surface area (Å²) in [6.07, 6.45) is 4.56. The van der Waals surface area contributed by atoms with Gasteiger partial charge in [0.15, 0.2) is 5.17 Å². The van der Waals surface area contributed by atoms with Crippen molar-refractivity contribution in [2.24, 2.45) is 0 Å². The Hall–Kier alpha value is -1.04. The normalized spacial score (nSPS) is 19.6. The van der Waals surface area contributed by atoms with Crippen LogP contribution in [0.1, 0.15) is 31.2 Å². The number of halogens is 2. The molecule has 0 amide bonds. The number of rotatable bonds is 4. The van der Waals surface area contributed by atoms with Gasteiger partial charge in [-0.15, -0.1) is 0 Å². The van der Waals surface area contributed by atoms with Gasteiger partial charge in [-0.1, -0.05) is 29.8 Å². The average Bonchev–Trinajstić information content (AvgIpc) is 2.73. The van der Waals surface area contributed by atoms with Gasteiger partial charge in [-0.2, -0.15) is 0 Å². The highest BCUT2D eigenvalue weighted by molar-refractivity contribution is 6.68. The number of aromatic nitrogens is 2. The third-order valence-corrected chi connectivity index (χ3v) is 3.00. The van der Waals surface area contributed by atoms with Crippen LogP contribution in [-0.2, 0) is 4.74 Å². The summed E-state index contributed by atoms with van der Waals surface area (Å²) in [6, 6.07) is 0. The van der Waals surface area contributed by atoms with Gasteiger partial charge < -0.3 is 10.1 Å².